The maximum Gasteiger partial charge on any atom is 0.193 e. The van der Waals surface area contributed by atoms with E-state index in [9.17, 15) is 4.79 Å². The molecule has 1 atom stereocenters. The summed E-state index contributed by atoms with van der Waals surface area (Å²) in [5.74, 6) is 0.0493. The highest BCUT2D eigenvalue weighted by Gasteiger charge is 2.17. The molecule has 0 bridgehead atoms. The number of rotatable bonds is 8. The average molecular weight is 503 g/mol. The van der Waals surface area contributed by atoms with Gasteiger partial charge >= 0.3 is 0 Å². The van der Waals surface area contributed by atoms with Crippen molar-refractivity contribution in [2.75, 3.05) is 0 Å². The zero-order chi connectivity index (χ0) is 24.7. The molecule has 1 nitrogen and oxygen atoms in total. The highest BCUT2D eigenvalue weighted by Crippen LogP contribution is 2.41. The molecule has 0 aliphatic rings. The zero-order valence-electron chi connectivity index (χ0n) is 20.0. The van der Waals surface area contributed by atoms with Crippen LogP contribution in [0.25, 0.3) is 0 Å². The van der Waals surface area contributed by atoms with E-state index in [0.29, 0.717) is 11.1 Å². The van der Waals surface area contributed by atoms with Crippen LogP contribution in [-0.2, 0) is 0 Å². The van der Waals surface area contributed by atoms with Gasteiger partial charge < -0.3 is 0 Å². The van der Waals surface area contributed by atoms with Crippen molar-refractivity contribution in [1.82, 2.24) is 0 Å². The van der Waals surface area contributed by atoms with Gasteiger partial charge in [0.15, 0.2) is 5.78 Å². The molecule has 0 amide bonds. The number of thioether (sulfide) groups is 1. The Labute approximate surface area is 221 Å². The molecule has 0 saturated carbocycles. The van der Waals surface area contributed by atoms with E-state index in [1.807, 2.05) is 60.3 Å². The molecule has 5 aromatic rings. The summed E-state index contributed by atoms with van der Waals surface area (Å²) < 4.78 is 0. The summed E-state index contributed by atoms with van der Waals surface area (Å²) >= 11 is 3.60. The third-order valence-corrected chi connectivity index (χ3v) is 8.29. The molecular formula is C33H26OS2. The fourth-order valence-electron chi connectivity index (χ4n) is 3.98. The third-order valence-electron chi connectivity index (χ3n) is 5.95. The minimum Gasteiger partial charge on any atom is -0.289 e. The molecular weight excluding hydrogens is 476 g/mol. The molecule has 3 heteroatoms. The van der Waals surface area contributed by atoms with Crippen LogP contribution in [0.3, 0.4) is 0 Å². The van der Waals surface area contributed by atoms with Gasteiger partial charge in [-0.25, -0.2) is 0 Å². The molecule has 36 heavy (non-hydrogen) atoms. The highest BCUT2D eigenvalue weighted by molar-refractivity contribution is 8.00. The fourth-order valence-corrected chi connectivity index (χ4v) is 5.97. The molecule has 0 aliphatic heterocycles. The molecule has 0 aliphatic carbocycles. The monoisotopic (exact) mass is 502 g/mol. The first kappa shape index (κ1) is 24.2. The zero-order valence-corrected chi connectivity index (χ0v) is 21.6. The molecule has 0 fully saturated rings. The van der Waals surface area contributed by atoms with Crippen molar-refractivity contribution in [1.29, 1.82) is 0 Å². The first-order chi connectivity index (χ1) is 17.7. The summed E-state index contributed by atoms with van der Waals surface area (Å²) in [5.41, 5.74) is 5.09. The normalized spacial score (nSPS) is 11.7. The first-order valence-electron chi connectivity index (χ1n) is 11.9. The molecule has 5 aromatic carbocycles. The summed E-state index contributed by atoms with van der Waals surface area (Å²) in [4.78, 5) is 16.6. The highest BCUT2D eigenvalue weighted by atomic mass is 32.2. The van der Waals surface area contributed by atoms with Gasteiger partial charge in [0.05, 0.1) is 5.25 Å². The van der Waals surface area contributed by atoms with E-state index >= 15 is 0 Å². The summed E-state index contributed by atoms with van der Waals surface area (Å²) in [6.07, 6.45) is 0. The van der Waals surface area contributed by atoms with Gasteiger partial charge in [0.25, 0.3) is 0 Å². The molecule has 0 N–H and O–H groups in total. The van der Waals surface area contributed by atoms with Crippen LogP contribution in [0.2, 0.25) is 0 Å². The quantitative estimate of drug-likeness (QED) is 0.155. The Hall–Kier alpha value is -3.53. The Kier molecular flexibility index (Phi) is 7.70. The van der Waals surface area contributed by atoms with Crippen LogP contribution < -0.4 is 0 Å². The Morgan fingerprint density at radius 1 is 0.528 bits per heavy atom. The number of benzene rings is 5. The predicted molar refractivity (Wildman–Crippen MR) is 152 cm³/mol. The van der Waals surface area contributed by atoms with E-state index in [0.717, 1.165) is 0 Å². The van der Waals surface area contributed by atoms with Crippen LogP contribution in [0.15, 0.2) is 148 Å². The van der Waals surface area contributed by atoms with E-state index in [1.54, 1.807) is 11.8 Å². The van der Waals surface area contributed by atoms with Gasteiger partial charge in [0, 0.05) is 25.8 Å². The Balaban J connectivity index is 1.39. The number of carbonyl (C=O) groups is 1. The Morgan fingerprint density at radius 2 is 1.00 bits per heavy atom. The lowest BCUT2D eigenvalue weighted by molar-refractivity contribution is 0.103. The SMILES string of the molecule is Cc1ccc(C(Sc2ccc(Sc3ccccc3)cc2)c2ccc(C(=O)c3ccccc3)cc2)cc1. The number of hydrogen-bond donors (Lipinski definition) is 0. The summed E-state index contributed by atoms with van der Waals surface area (Å²) in [5, 5.41) is 0.124. The van der Waals surface area contributed by atoms with Gasteiger partial charge in [-0.1, -0.05) is 114 Å². The van der Waals surface area contributed by atoms with Gasteiger partial charge in [-0.2, -0.15) is 0 Å². The second kappa shape index (κ2) is 11.5. The van der Waals surface area contributed by atoms with Crippen LogP contribution >= 0.6 is 23.5 Å². The van der Waals surface area contributed by atoms with Gasteiger partial charge in [-0.3, -0.25) is 4.79 Å². The van der Waals surface area contributed by atoms with Crippen molar-refractivity contribution in [3.8, 4) is 0 Å². The lowest BCUT2D eigenvalue weighted by Crippen LogP contribution is -2.02. The number of hydrogen-bond acceptors (Lipinski definition) is 3. The van der Waals surface area contributed by atoms with Crippen molar-refractivity contribution < 1.29 is 4.79 Å². The third kappa shape index (κ3) is 5.99. The molecule has 0 heterocycles. The van der Waals surface area contributed by atoms with Gasteiger partial charge in [0.1, 0.15) is 0 Å². The fraction of sp³-hybridized carbons (Fsp3) is 0.0606. The predicted octanol–water partition coefficient (Wildman–Crippen LogP) is 9.26. The van der Waals surface area contributed by atoms with Crippen molar-refractivity contribution in [2.45, 2.75) is 26.9 Å². The molecule has 176 valence electrons. The maximum atomic E-state index is 12.9. The van der Waals surface area contributed by atoms with E-state index < -0.39 is 0 Å². The topological polar surface area (TPSA) is 17.1 Å². The summed E-state index contributed by atoms with van der Waals surface area (Å²) in [6, 6.07) is 45.5. The molecule has 0 saturated heterocycles. The average Bonchev–Trinajstić information content (AvgIpc) is 2.94. The van der Waals surface area contributed by atoms with Crippen LogP contribution in [0.5, 0.6) is 0 Å². The molecule has 0 spiro atoms. The summed E-state index contributed by atoms with van der Waals surface area (Å²) in [6.45, 7) is 2.11. The largest absolute Gasteiger partial charge is 0.289 e. The smallest absolute Gasteiger partial charge is 0.193 e. The molecule has 0 aromatic heterocycles. The second-order valence-corrected chi connectivity index (χ2v) is 10.9. The molecule has 0 radical (unpaired) electrons. The van der Waals surface area contributed by atoms with Crippen LogP contribution in [0, 0.1) is 6.92 Å². The number of aryl methyl sites for hydroxylation is 1. The van der Waals surface area contributed by atoms with E-state index in [2.05, 4.69) is 91.9 Å². The minimum absolute atomic E-state index is 0.0493. The van der Waals surface area contributed by atoms with Crippen LogP contribution in [-0.4, -0.2) is 5.78 Å². The lowest BCUT2D eigenvalue weighted by Gasteiger charge is -2.19. The molecule has 1 unspecified atom stereocenters. The van der Waals surface area contributed by atoms with Gasteiger partial charge in [-0.05, 0) is 54.4 Å². The maximum absolute atomic E-state index is 12.9. The van der Waals surface area contributed by atoms with Crippen molar-refractivity contribution >= 4 is 29.3 Å². The van der Waals surface area contributed by atoms with E-state index in [1.165, 1.54) is 31.4 Å². The number of carbonyl (C=O) groups excluding carboxylic acids is 1. The lowest BCUT2D eigenvalue weighted by atomic mass is 9.99. The van der Waals surface area contributed by atoms with Crippen molar-refractivity contribution in [2.24, 2.45) is 0 Å². The van der Waals surface area contributed by atoms with Gasteiger partial charge in [-0.15, -0.1) is 11.8 Å². The van der Waals surface area contributed by atoms with Crippen molar-refractivity contribution in [3.63, 3.8) is 0 Å². The van der Waals surface area contributed by atoms with Crippen LogP contribution in [0.4, 0.5) is 0 Å². The first-order valence-corrected chi connectivity index (χ1v) is 13.6. The van der Waals surface area contributed by atoms with Crippen molar-refractivity contribution in [3.05, 3.63) is 161 Å². The standard InChI is InChI=1S/C33H26OS2/c1-24-12-14-27(15-13-24)33(28-18-16-26(17-19-28)32(34)25-8-4-2-5-9-25)36-31-22-20-30(21-23-31)35-29-10-6-3-7-11-29/h2-23,33H,1H3. The second-order valence-electron chi connectivity index (χ2n) is 8.61. The summed E-state index contributed by atoms with van der Waals surface area (Å²) in [7, 11) is 0. The van der Waals surface area contributed by atoms with E-state index in [4.69, 9.17) is 0 Å². The molecule has 5 rings (SSSR count). The van der Waals surface area contributed by atoms with Crippen LogP contribution in [0.1, 0.15) is 37.9 Å². The van der Waals surface area contributed by atoms with E-state index in [-0.39, 0.29) is 11.0 Å². The Bertz CT molecular complexity index is 1410. The minimum atomic E-state index is 0.0493. The Morgan fingerprint density at radius 3 is 1.61 bits per heavy atom. The van der Waals surface area contributed by atoms with Gasteiger partial charge in [0.2, 0.25) is 0 Å². The number of ketones is 1.